The number of carboxylic acid groups (broad SMARTS) is 1. The number of carboxylic acids is 1. The molecule has 0 aliphatic carbocycles. The van der Waals surface area contributed by atoms with Crippen molar-refractivity contribution in [3.8, 4) is 34.0 Å². The summed E-state index contributed by atoms with van der Waals surface area (Å²) >= 11 is 0. The number of halogens is 3. The maximum Gasteiger partial charge on any atom is 0.429 e. The first-order chi connectivity index (χ1) is 18.5. The number of alkyl halides is 3. The van der Waals surface area contributed by atoms with Gasteiger partial charge in [0, 0.05) is 23.2 Å². The summed E-state index contributed by atoms with van der Waals surface area (Å²) in [6, 6.07) is 19.5. The zero-order valence-corrected chi connectivity index (χ0v) is 20.7. The highest BCUT2D eigenvalue weighted by Crippen LogP contribution is 2.38. The maximum absolute atomic E-state index is 14.1. The third kappa shape index (κ3) is 6.82. The number of hydrogen-bond donors (Lipinski definition) is 2. The Morgan fingerprint density at radius 1 is 0.949 bits per heavy atom. The van der Waals surface area contributed by atoms with E-state index in [1.54, 1.807) is 54.6 Å². The SMILES string of the molecule is COc1cccc(-c2ccc([C@@H](Oc3cc(-c4ccc(CC(N)C(=O)[O-])cc4)nc(N)n3)C(F)(F)F)cc2)c1. The van der Waals surface area contributed by atoms with E-state index < -0.39 is 24.3 Å². The van der Waals surface area contributed by atoms with Crippen LogP contribution in [-0.4, -0.2) is 35.3 Å². The molecule has 2 atom stereocenters. The van der Waals surface area contributed by atoms with E-state index in [1.807, 2.05) is 6.07 Å². The molecule has 1 aromatic heterocycles. The summed E-state index contributed by atoms with van der Waals surface area (Å²) in [7, 11) is 1.53. The van der Waals surface area contributed by atoms with Crippen LogP contribution in [0.4, 0.5) is 19.1 Å². The van der Waals surface area contributed by atoms with E-state index in [1.165, 1.54) is 25.3 Å². The van der Waals surface area contributed by atoms with Gasteiger partial charge < -0.3 is 30.8 Å². The molecule has 8 nitrogen and oxygen atoms in total. The van der Waals surface area contributed by atoms with Crippen LogP contribution in [0.1, 0.15) is 17.2 Å². The minimum Gasteiger partial charge on any atom is -0.548 e. The Morgan fingerprint density at radius 3 is 2.23 bits per heavy atom. The summed E-state index contributed by atoms with van der Waals surface area (Å²) in [5, 5.41) is 10.9. The van der Waals surface area contributed by atoms with Crippen LogP contribution in [-0.2, 0) is 11.2 Å². The Bertz CT molecular complexity index is 1440. The Balaban J connectivity index is 1.58. The molecule has 0 saturated carbocycles. The van der Waals surface area contributed by atoms with E-state index in [9.17, 15) is 23.1 Å². The number of nitrogens with two attached hydrogens (primary N) is 2. The van der Waals surface area contributed by atoms with Crippen molar-refractivity contribution in [2.45, 2.75) is 24.7 Å². The van der Waals surface area contributed by atoms with Crippen LogP contribution in [0.25, 0.3) is 22.4 Å². The van der Waals surface area contributed by atoms with E-state index in [-0.39, 0.29) is 29.5 Å². The van der Waals surface area contributed by atoms with Gasteiger partial charge in [-0.05, 0) is 35.2 Å². The molecule has 0 saturated heterocycles. The quantitative estimate of drug-likeness (QED) is 0.330. The summed E-state index contributed by atoms with van der Waals surface area (Å²) < 4.78 is 52.7. The molecule has 0 spiro atoms. The summed E-state index contributed by atoms with van der Waals surface area (Å²) in [5.41, 5.74) is 14.0. The molecule has 0 radical (unpaired) electrons. The van der Waals surface area contributed by atoms with Gasteiger partial charge in [0.05, 0.1) is 18.8 Å². The first kappa shape index (κ1) is 27.4. The number of nitrogen functional groups attached to an aromatic ring is 1. The van der Waals surface area contributed by atoms with Crippen LogP contribution in [0.15, 0.2) is 78.9 Å². The van der Waals surface area contributed by atoms with Crippen LogP contribution < -0.4 is 26.0 Å². The summed E-state index contributed by atoms with van der Waals surface area (Å²) in [5.74, 6) is -1.39. The van der Waals surface area contributed by atoms with Gasteiger partial charge in [0.2, 0.25) is 17.9 Å². The number of carbonyl (C=O) groups is 1. The monoisotopic (exact) mass is 537 g/mol. The summed E-state index contributed by atoms with van der Waals surface area (Å²) in [6.45, 7) is 0. The van der Waals surface area contributed by atoms with Crippen molar-refractivity contribution < 1.29 is 32.5 Å². The molecule has 4 N–H and O–H groups in total. The minimum absolute atomic E-state index is 0.0484. The predicted molar refractivity (Wildman–Crippen MR) is 136 cm³/mol. The lowest BCUT2D eigenvalue weighted by Gasteiger charge is -2.22. The average molecular weight is 538 g/mol. The molecular formula is C28H24F3N4O4-. The lowest BCUT2D eigenvalue weighted by molar-refractivity contribution is -0.307. The van der Waals surface area contributed by atoms with Crippen LogP contribution in [0.5, 0.6) is 11.6 Å². The third-order valence-corrected chi connectivity index (χ3v) is 5.88. The van der Waals surface area contributed by atoms with Gasteiger partial charge in [0.1, 0.15) is 5.75 Å². The van der Waals surface area contributed by atoms with Gasteiger partial charge in [-0.3, -0.25) is 0 Å². The zero-order chi connectivity index (χ0) is 28.2. The van der Waals surface area contributed by atoms with Crippen molar-refractivity contribution >= 4 is 11.9 Å². The van der Waals surface area contributed by atoms with Crippen LogP contribution in [0.3, 0.4) is 0 Å². The van der Waals surface area contributed by atoms with Crippen molar-refractivity contribution in [1.82, 2.24) is 9.97 Å². The van der Waals surface area contributed by atoms with Gasteiger partial charge in [0.15, 0.2) is 0 Å². The highest BCUT2D eigenvalue weighted by atomic mass is 19.4. The minimum atomic E-state index is -4.75. The standard InChI is InChI=1S/C28H25F3N4O4/c1-38-21-4-2-3-20(14-21)17-9-11-19(12-10-17)25(28(29,30)31)39-24-15-23(34-27(33)35-24)18-7-5-16(6-8-18)13-22(32)26(36)37/h2-12,14-15,22,25H,13,32H2,1H3,(H,36,37)(H2,33,34,35)/p-1/t22?,25-/m1/s1. The molecule has 4 aromatic rings. The van der Waals surface area contributed by atoms with E-state index in [4.69, 9.17) is 20.9 Å². The fourth-order valence-corrected chi connectivity index (χ4v) is 3.90. The van der Waals surface area contributed by atoms with Gasteiger partial charge in [-0.25, -0.2) is 4.98 Å². The Hall–Kier alpha value is -4.64. The molecule has 0 aliphatic rings. The Morgan fingerprint density at radius 2 is 1.62 bits per heavy atom. The first-order valence-corrected chi connectivity index (χ1v) is 11.7. The normalized spacial score (nSPS) is 12.9. The smallest absolute Gasteiger partial charge is 0.429 e. The molecule has 11 heteroatoms. The Labute approximate surface area is 222 Å². The summed E-state index contributed by atoms with van der Waals surface area (Å²) in [4.78, 5) is 18.8. The molecule has 3 aromatic carbocycles. The Kier molecular flexibility index (Phi) is 8.01. The van der Waals surface area contributed by atoms with Gasteiger partial charge in [-0.1, -0.05) is 60.7 Å². The van der Waals surface area contributed by atoms with Crippen molar-refractivity contribution in [3.63, 3.8) is 0 Å². The maximum atomic E-state index is 14.1. The number of methoxy groups -OCH3 is 1. The molecule has 0 fully saturated rings. The highest BCUT2D eigenvalue weighted by molar-refractivity contribution is 5.71. The molecule has 0 amide bonds. The van der Waals surface area contributed by atoms with E-state index in [0.29, 0.717) is 22.4 Å². The van der Waals surface area contributed by atoms with Gasteiger partial charge >= 0.3 is 6.18 Å². The number of anilines is 1. The van der Waals surface area contributed by atoms with E-state index >= 15 is 0 Å². The molecule has 0 aliphatic heterocycles. The number of aliphatic carboxylic acids is 1. The van der Waals surface area contributed by atoms with Gasteiger partial charge in [0.25, 0.3) is 0 Å². The molecule has 202 valence electrons. The largest absolute Gasteiger partial charge is 0.548 e. The van der Waals surface area contributed by atoms with Crippen molar-refractivity contribution in [2.75, 3.05) is 12.8 Å². The molecule has 4 rings (SSSR count). The van der Waals surface area contributed by atoms with E-state index in [2.05, 4.69) is 9.97 Å². The van der Waals surface area contributed by atoms with Gasteiger partial charge in [-0.15, -0.1) is 0 Å². The molecule has 0 bridgehead atoms. The lowest BCUT2D eigenvalue weighted by Crippen LogP contribution is -2.43. The fraction of sp³-hybridized carbons (Fsp3) is 0.179. The number of nitrogens with zero attached hydrogens (tertiary/aromatic N) is 2. The number of benzene rings is 3. The molecule has 1 unspecified atom stereocenters. The van der Waals surface area contributed by atoms with Crippen molar-refractivity contribution in [1.29, 1.82) is 0 Å². The zero-order valence-electron chi connectivity index (χ0n) is 20.7. The summed E-state index contributed by atoms with van der Waals surface area (Å²) in [6.07, 6.45) is -7.02. The number of ether oxygens (including phenoxy) is 2. The molecule has 39 heavy (non-hydrogen) atoms. The predicted octanol–water partition coefficient (Wildman–Crippen LogP) is 3.70. The van der Waals surface area contributed by atoms with Crippen LogP contribution in [0.2, 0.25) is 0 Å². The molecule has 1 heterocycles. The fourth-order valence-electron chi connectivity index (χ4n) is 3.90. The van der Waals surface area contributed by atoms with Crippen molar-refractivity contribution in [2.24, 2.45) is 5.73 Å². The van der Waals surface area contributed by atoms with Crippen LogP contribution in [0, 0.1) is 0 Å². The van der Waals surface area contributed by atoms with Crippen molar-refractivity contribution in [3.05, 3.63) is 90.0 Å². The number of hydrogen-bond acceptors (Lipinski definition) is 8. The topological polar surface area (TPSA) is 136 Å². The van der Waals surface area contributed by atoms with Gasteiger partial charge in [-0.2, -0.15) is 18.2 Å². The van der Waals surface area contributed by atoms with Crippen LogP contribution >= 0.6 is 0 Å². The second-order valence-electron chi connectivity index (χ2n) is 8.67. The lowest BCUT2D eigenvalue weighted by atomic mass is 10.0. The number of rotatable bonds is 9. The average Bonchev–Trinajstić information content (AvgIpc) is 2.91. The first-order valence-electron chi connectivity index (χ1n) is 11.7. The molecular weight excluding hydrogens is 513 g/mol. The number of carbonyl (C=O) groups excluding carboxylic acids is 1. The highest BCUT2D eigenvalue weighted by Gasteiger charge is 2.43. The second-order valence-corrected chi connectivity index (χ2v) is 8.67. The second kappa shape index (κ2) is 11.4. The van der Waals surface area contributed by atoms with E-state index in [0.717, 1.165) is 5.56 Å². The number of aromatic nitrogens is 2. The third-order valence-electron chi connectivity index (χ3n) is 5.88.